The molecule has 2 nitrogen and oxygen atoms in total. The van der Waals surface area contributed by atoms with E-state index >= 15 is 0 Å². The lowest BCUT2D eigenvalue weighted by molar-refractivity contribution is 1.28. The van der Waals surface area contributed by atoms with Gasteiger partial charge in [-0.2, -0.15) is 0 Å². The lowest BCUT2D eigenvalue weighted by Gasteiger charge is -1.88. The van der Waals surface area contributed by atoms with Crippen LogP contribution in [-0.4, -0.2) is 6.34 Å². The maximum atomic E-state index is 5.53. The third kappa shape index (κ3) is 1.39. The number of aliphatic imine (C=N–C) groups is 1. The highest BCUT2D eigenvalue weighted by atomic mass is 35.5. The Kier molecular flexibility index (Phi) is 1.70. The predicted molar refractivity (Wildman–Crippen MR) is 34.7 cm³/mol. The van der Waals surface area contributed by atoms with Crippen molar-refractivity contribution in [3.05, 3.63) is 23.5 Å². The first-order valence-electron chi connectivity index (χ1n) is 2.20. The molecule has 1 aliphatic heterocycles. The molecule has 0 fully saturated rings. The molecule has 42 valence electrons. The van der Waals surface area contributed by atoms with E-state index in [-0.39, 0.29) is 0 Å². The topological polar surface area (TPSA) is 24.4 Å². The van der Waals surface area contributed by atoms with Crippen molar-refractivity contribution in [3.8, 4) is 0 Å². The molecule has 0 atom stereocenters. The van der Waals surface area contributed by atoms with Gasteiger partial charge in [0.1, 0.15) is 5.16 Å². The van der Waals surface area contributed by atoms with Crippen LogP contribution < -0.4 is 5.32 Å². The van der Waals surface area contributed by atoms with Gasteiger partial charge in [-0.3, -0.25) is 0 Å². The minimum atomic E-state index is 0.586. The third-order valence-corrected chi connectivity index (χ3v) is 0.927. The zero-order valence-electron chi connectivity index (χ0n) is 4.13. The van der Waals surface area contributed by atoms with Crippen molar-refractivity contribution in [1.29, 1.82) is 0 Å². The zero-order chi connectivity index (χ0) is 5.82. The van der Waals surface area contributed by atoms with Gasteiger partial charge in [-0.1, -0.05) is 11.6 Å². The summed E-state index contributed by atoms with van der Waals surface area (Å²) in [4.78, 5) is 3.77. The van der Waals surface area contributed by atoms with E-state index in [9.17, 15) is 0 Å². The average molecular weight is 129 g/mol. The van der Waals surface area contributed by atoms with Crippen molar-refractivity contribution in [3.63, 3.8) is 0 Å². The second-order valence-electron chi connectivity index (χ2n) is 1.28. The Labute approximate surface area is 52.6 Å². The highest BCUT2D eigenvalue weighted by Gasteiger charge is 1.83. The monoisotopic (exact) mass is 128 g/mol. The number of nitrogens with one attached hydrogen (secondary N) is 1. The molecule has 1 N–H and O–H groups in total. The molecule has 3 heteroatoms. The molecule has 0 saturated carbocycles. The van der Waals surface area contributed by atoms with Gasteiger partial charge in [0.15, 0.2) is 0 Å². The smallest absolute Gasteiger partial charge is 0.107 e. The molecule has 1 rings (SSSR count). The molecular formula is C5H5ClN2. The number of rotatable bonds is 0. The summed E-state index contributed by atoms with van der Waals surface area (Å²) in [5.74, 6) is 0. The maximum absolute atomic E-state index is 5.53. The summed E-state index contributed by atoms with van der Waals surface area (Å²) < 4.78 is 0. The largest absolute Gasteiger partial charge is 0.337 e. The molecule has 0 amide bonds. The van der Waals surface area contributed by atoms with Crippen LogP contribution >= 0.6 is 11.6 Å². The number of hydrogen-bond donors (Lipinski definition) is 1. The van der Waals surface area contributed by atoms with Gasteiger partial charge in [0.05, 0.1) is 6.34 Å². The van der Waals surface area contributed by atoms with E-state index in [4.69, 9.17) is 11.6 Å². The van der Waals surface area contributed by atoms with Crippen LogP contribution in [0.15, 0.2) is 28.5 Å². The van der Waals surface area contributed by atoms with Gasteiger partial charge in [-0.25, -0.2) is 4.99 Å². The number of hydrogen-bond acceptors (Lipinski definition) is 2. The van der Waals surface area contributed by atoms with Gasteiger partial charge in [0.2, 0.25) is 0 Å². The van der Waals surface area contributed by atoms with Crippen LogP contribution in [0.4, 0.5) is 0 Å². The minimum absolute atomic E-state index is 0.586. The first-order valence-corrected chi connectivity index (χ1v) is 2.58. The number of nitrogens with zero attached hydrogens (tertiary/aromatic N) is 1. The molecule has 0 aliphatic carbocycles. The normalized spacial score (nSPS) is 16.9. The second kappa shape index (κ2) is 2.52. The van der Waals surface area contributed by atoms with Crippen LogP contribution in [0.2, 0.25) is 0 Å². The molecule has 8 heavy (non-hydrogen) atoms. The van der Waals surface area contributed by atoms with Gasteiger partial charge in [0.25, 0.3) is 0 Å². The summed E-state index contributed by atoms with van der Waals surface area (Å²) in [5, 5.41) is 3.30. The molecule has 0 aromatic carbocycles. The lowest BCUT2D eigenvalue weighted by atomic mass is 10.6. The van der Waals surface area contributed by atoms with E-state index in [0.29, 0.717) is 5.16 Å². The Balaban J connectivity index is 2.69. The van der Waals surface area contributed by atoms with E-state index in [2.05, 4.69) is 10.3 Å². The summed E-state index contributed by atoms with van der Waals surface area (Å²) in [6.07, 6.45) is 6.68. The molecule has 1 heterocycles. The average Bonchev–Trinajstić information content (AvgIpc) is 1.94. The van der Waals surface area contributed by atoms with Crippen molar-refractivity contribution in [2.45, 2.75) is 0 Å². The SMILES string of the molecule is ClC1=CC=CN=CN1. The lowest BCUT2D eigenvalue weighted by Crippen LogP contribution is -2.03. The van der Waals surface area contributed by atoms with Gasteiger partial charge in [-0.05, 0) is 12.2 Å². The second-order valence-corrected chi connectivity index (χ2v) is 1.69. The Morgan fingerprint density at radius 1 is 1.62 bits per heavy atom. The van der Waals surface area contributed by atoms with Crippen LogP contribution in [-0.2, 0) is 0 Å². The minimum Gasteiger partial charge on any atom is -0.337 e. The van der Waals surface area contributed by atoms with Crippen LogP contribution in [0, 0.1) is 0 Å². The zero-order valence-corrected chi connectivity index (χ0v) is 4.89. The Morgan fingerprint density at radius 2 is 2.50 bits per heavy atom. The summed E-state index contributed by atoms with van der Waals surface area (Å²) in [7, 11) is 0. The third-order valence-electron chi connectivity index (χ3n) is 0.692. The highest BCUT2D eigenvalue weighted by molar-refractivity contribution is 6.30. The predicted octanol–water partition coefficient (Wildman–Crippen LogP) is 1.21. The van der Waals surface area contributed by atoms with E-state index in [0.717, 1.165) is 0 Å². The fraction of sp³-hybridized carbons (Fsp3) is 0. The van der Waals surface area contributed by atoms with Crippen molar-refractivity contribution < 1.29 is 0 Å². The molecule has 0 bridgehead atoms. The summed E-state index contributed by atoms with van der Waals surface area (Å²) in [6, 6.07) is 0. The number of allylic oxidation sites excluding steroid dienone is 2. The molecule has 0 saturated heterocycles. The number of halogens is 1. The van der Waals surface area contributed by atoms with Crippen molar-refractivity contribution >= 4 is 17.9 Å². The fourth-order valence-corrected chi connectivity index (χ4v) is 0.489. The quantitative estimate of drug-likeness (QED) is 0.488. The van der Waals surface area contributed by atoms with E-state index in [1.165, 1.54) is 6.34 Å². The fourth-order valence-electron chi connectivity index (χ4n) is 0.367. The Morgan fingerprint density at radius 3 is 3.38 bits per heavy atom. The van der Waals surface area contributed by atoms with E-state index < -0.39 is 0 Å². The van der Waals surface area contributed by atoms with Crippen molar-refractivity contribution in [2.75, 3.05) is 0 Å². The molecule has 0 spiro atoms. The van der Waals surface area contributed by atoms with Gasteiger partial charge in [-0.15, -0.1) is 0 Å². The highest BCUT2D eigenvalue weighted by Crippen LogP contribution is 1.96. The van der Waals surface area contributed by atoms with Crippen molar-refractivity contribution in [1.82, 2.24) is 5.32 Å². The van der Waals surface area contributed by atoms with Crippen LogP contribution in [0.3, 0.4) is 0 Å². The standard InChI is InChI=1S/C5H5ClN2/c6-5-2-1-3-7-4-8-5/h1-4H,(H,7,8). The summed E-state index contributed by atoms with van der Waals surface area (Å²) in [5.41, 5.74) is 0. The van der Waals surface area contributed by atoms with Crippen LogP contribution in [0.25, 0.3) is 0 Å². The molecule has 1 aliphatic rings. The summed E-state index contributed by atoms with van der Waals surface area (Å²) in [6.45, 7) is 0. The first kappa shape index (κ1) is 5.38. The van der Waals surface area contributed by atoms with Gasteiger partial charge < -0.3 is 5.32 Å². The summed E-state index contributed by atoms with van der Waals surface area (Å²) >= 11 is 5.53. The molecule has 0 aromatic heterocycles. The van der Waals surface area contributed by atoms with Crippen molar-refractivity contribution in [2.24, 2.45) is 4.99 Å². The Bertz CT molecular complexity index is 158. The van der Waals surface area contributed by atoms with Crippen LogP contribution in [0.5, 0.6) is 0 Å². The Hall–Kier alpha value is -0.760. The molecule has 0 aromatic rings. The van der Waals surface area contributed by atoms with Crippen LogP contribution in [0.1, 0.15) is 0 Å². The molecule has 0 radical (unpaired) electrons. The van der Waals surface area contributed by atoms with E-state index in [1.807, 2.05) is 0 Å². The molecular weight excluding hydrogens is 124 g/mol. The van der Waals surface area contributed by atoms with Gasteiger partial charge >= 0.3 is 0 Å². The maximum Gasteiger partial charge on any atom is 0.107 e. The van der Waals surface area contributed by atoms with Gasteiger partial charge in [0, 0.05) is 6.20 Å². The van der Waals surface area contributed by atoms with E-state index in [1.54, 1.807) is 18.4 Å². The first-order chi connectivity index (χ1) is 3.89. The molecule has 0 unspecified atom stereocenters.